The smallest absolute Gasteiger partial charge is 0.244 e. The van der Waals surface area contributed by atoms with Crippen LogP contribution in [-0.2, 0) is 11.3 Å². The van der Waals surface area contributed by atoms with Crippen molar-refractivity contribution in [1.82, 2.24) is 4.90 Å². The zero-order valence-corrected chi connectivity index (χ0v) is 15.4. The molecule has 0 aliphatic carbocycles. The summed E-state index contributed by atoms with van der Waals surface area (Å²) in [6, 6.07) is 9.82. The van der Waals surface area contributed by atoms with Crippen LogP contribution in [0.15, 0.2) is 30.3 Å². The Balaban J connectivity index is 2.19. The van der Waals surface area contributed by atoms with Gasteiger partial charge in [0, 0.05) is 30.8 Å². The maximum atomic E-state index is 12.8. The van der Waals surface area contributed by atoms with Crippen molar-refractivity contribution < 1.29 is 4.79 Å². The van der Waals surface area contributed by atoms with E-state index < -0.39 is 9.75 Å². The average molecular weight is 383 g/mol. The van der Waals surface area contributed by atoms with Crippen molar-refractivity contribution in [2.45, 2.75) is 29.6 Å². The first-order chi connectivity index (χ1) is 10.3. The van der Waals surface area contributed by atoms with E-state index in [1.54, 1.807) is 11.8 Å². The number of halogens is 4. The van der Waals surface area contributed by atoms with Gasteiger partial charge in [0.1, 0.15) is 4.87 Å². The molecule has 1 unspecified atom stereocenters. The third kappa shape index (κ3) is 3.84. The maximum Gasteiger partial charge on any atom is 0.244 e. The normalized spacial score (nSPS) is 28.0. The van der Waals surface area contributed by atoms with Crippen molar-refractivity contribution in [3.05, 3.63) is 35.9 Å². The Morgan fingerprint density at radius 3 is 2.50 bits per heavy atom. The number of amides is 1. The second kappa shape index (κ2) is 7.17. The number of hydrogen-bond donors (Lipinski definition) is 0. The Kier molecular flexibility index (Phi) is 5.93. The summed E-state index contributed by atoms with van der Waals surface area (Å²) in [7, 11) is 0. The summed E-state index contributed by atoms with van der Waals surface area (Å²) in [5.41, 5.74) is 1.07. The van der Waals surface area contributed by atoms with Crippen molar-refractivity contribution in [2.75, 3.05) is 18.3 Å². The van der Waals surface area contributed by atoms with Crippen molar-refractivity contribution in [2.24, 2.45) is 5.92 Å². The van der Waals surface area contributed by atoms with Crippen LogP contribution < -0.4 is 0 Å². The second-order valence-electron chi connectivity index (χ2n) is 6.11. The van der Waals surface area contributed by atoms with E-state index in [-0.39, 0.29) is 17.7 Å². The molecule has 2 nitrogen and oxygen atoms in total. The molecule has 1 aliphatic heterocycles. The molecule has 1 aromatic carbocycles. The van der Waals surface area contributed by atoms with Crippen molar-refractivity contribution >= 4 is 52.3 Å². The highest BCUT2D eigenvalue weighted by molar-refractivity contribution is 6.38. The summed E-state index contributed by atoms with van der Waals surface area (Å²) in [6.45, 7) is 2.86. The Hall–Kier alpha value is -0.150. The molecule has 0 bridgehead atoms. The van der Waals surface area contributed by atoms with Crippen molar-refractivity contribution in [1.29, 1.82) is 0 Å². The summed E-state index contributed by atoms with van der Waals surface area (Å²) in [5.74, 6) is 0.286. The highest BCUT2D eigenvalue weighted by Crippen LogP contribution is 2.44. The van der Waals surface area contributed by atoms with Gasteiger partial charge in [-0.25, -0.2) is 0 Å². The fourth-order valence-corrected chi connectivity index (χ4v) is 4.22. The van der Waals surface area contributed by atoms with Gasteiger partial charge in [-0.2, -0.15) is 0 Å². The van der Waals surface area contributed by atoms with Crippen LogP contribution in [-0.4, -0.2) is 38.9 Å². The average Bonchev–Trinajstić information content (AvgIpc) is 2.72. The zero-order valence-electron chi connectivity index (χ0n) is 12.4. The monoisotopic (exact) mass is 381 g/mol. The van der Waals surface area contributed by atoms with Crippen molar-refractivity contribution in [3.8, 4) is 0 Å². The zero-order chi connectivity index (χ0) is 16.4. The van der Waals surface area contributed by atoms with E-state index in [9.17, 15) is 4.79 Å². The number of nitrogens with zero attached hydrogens (tertiary/aromatic N) is 1. The van der Waals surface area contributed by atoms with E-state index in [1.807, 2.05) is 30.3 Å². The van der Waals surface area contributed by atoms with Crippen LogP contribution in [0.4, 0.5) is 0 Å². The predicted octanol–water partition coefficient (Wildman–Crippen LogP) is 4.49. The summed E-state index contributed by atoms with van der Waals surface area (Å²) < 4.78 is 0. The van der Waals surface area contributed by atoms with E-state index in [0.29, 0.717) is 25.4 Å². The van der Waals surface area contributed by atoms with E-state index in [0.717, 1.165) is 5.56 Å². The topological polar surface area (TPSA) is 20.3 Å². The number of rotatable bonds is 6. The molecule has 122 valence electrons. The minimum atomic E-state index is -1.08. The van der Waals surface area contributed by atoms with Crippen molar-refractivity contribution in [3.63, 3.8) is 0 Å². The van der Waals surface area contributed by atoms with Crippen LogP contribution in [0.5, 0.6) is 0 Å². The molecular weight excluding hydrogens is 364 g/mol. The fourth-order valence-electron chi connectivity index (χ4n) is 2.85. The molecule has 1 aliphatic rings. The first-order valence-electron chi connectivity index (χ1n) is 7.15. The SMILES string of the molecule is CC(Cl)(CCl)C[C@@]1(Cl)C(=O)N(Cc2ccccc2)C[C@@H]1CCl. The summed E-state index contributed by atoms with van der Waals surface area (Å²) in [5, 5.41) is 0. The molecule has 22 heavy (non-hydrogen) atoms. The van der Waals surface area contributed by atoms with Gasteiger partial charge in [-0.1, -0.05) is 30.3 Å². The quantitative estimate of drug-likeness (QED) is 0.663. The molecule has 0 aromatic heterocycles. The lowest BCUT2D eigenvalue weighted by molar-refractivity contribution is -0.130. The predicted molar refractivity (Wildman–Crippen MR) is 94.2 cm³/mol. The number of hydrogen-bond acceptors (Lipinski definition) is 1. The number of carbonyl (C=O) groups excluding carboxylic acids is 1. The minimum absolute atomic E-state index is 0.110. The van der Waals surface area contributed by atoms with Gasteiger partial charge in [0.2, 0.25) is 5.91 Å². The third-order valence-corrected chi connectivity index (χ3v) is 6.01. The largest absolute Gasteiger partial charge is 0.336 e. The van der Waals surface area contributed by atoms with Crippen LogP contribution in [0.3, 0.4) is 0 Å². The van der Waals surface area contributed by atoms with E-state index in [2.05, 4.69) is 0 Å². The van der Waals surface area contributed by atoms with Gasteiger partial charge < -0.3 is 4.90 Å². The molecule has 1 amide bonds. The summed E-state index contributed by atoms with van der Waals surface area (Å²) in [6.07, 6.45) is 0.300. The Morgan fingerprint density at radius 2 is 1.95 bits per heavy atom. The summed E-state index contributed by atoms with van der Waals surface area (Å²) >= 11 is 25.0. The van der Waals surface area contributed by atoms with Gasteiger partial charge in [0.15, 0.2) is 0 Å². The fraction of sp³-hybridized carbons (Fsp3) is 0.562. The van der Waals surface area contributed by atoms with Gasteiger partial charge >= 0.3 is 0 Å². The molecule has 1 aromatic rings. The Bertz CT molecular complexity index is 522. The number of benzene rings is 1. The lowest BCUT2D eigenvalue weighted by atomic mass is 9.87. The van der Waals surface area contributed by atoms with Crippen LogP contribution in [0, 0.1) is 5.92 Å². The maximum absolute atomic E-state index is 12.8. The highest BCUT2D eigenvalue weighted by atomic mass is 35.5. The van der Waals surface area contributed by atoms with Gasteiger partial charge in [-0.3, -0.25) is 4.79 Å². The van der Waals surface area contributed by atoms with Gasteiger partial charge in [0.25, 0.3) is 0 Å². The number of likely N-dealkylation sites (tertiary alicyclic amines) is 1. The lowest BCUT2D eigenvalue weighted by Crippen LogP contribution is -2.44. The van der Waals surface area contributed by atoms with Gasteiger partial charge in [-0.15, -0.1) is 46.4 Å². The molecule has 0 N–H and O–H groups in total. The van der Waals surface area contributed by atoms with Crippen LogP contribution >= 0.6 is 46.4 Å². The molecule has 2 rings (SSSR count). The van der Waals surface area contributed by atoms with Gasteiger partial charge in [0.05, 0.1) is 4.87 Å². The van der Waals surface area contributed by atoms with Crippen LogP contribution in [0.25, 0.3) is 0 Å². The Labute approximate surface area is 151 Å². The molecule has 0 spiro atoms. The highest BCUT2D eigenvalue weighted by Gasteiger charge is 2.54. The first-order valence-corrected chi connectivity index (χ1v) is 8.98. The minimum Gasteiger partial charge on any atom is -0.336 e. The molecular formula is C16H19Cl4NO. The van der Waals surface area contributed by atoms with E-state index >= 15 is 0 Å². The number of alkyl halides is 4. The molecule has 1 heterocycles. The standard InChI is InChI=1S/C16H19Cl4NO/c1-15(19,11-18)10-16(20)13(7-17)9-21(14(16)22)8-12-5-3-2-4-6-12/h2-6,13H,7-11H2,1H3/t13-,15?,16-/m0/s1. The van der Waals surface area contributed by atoms with Crippen LogP contribution in [0.2, 0.25) is 0 Å². The van der Waals surface area contributed by atoms with E-state index in [1.165, 1.54) is 0 Å². The number of carbonyl (C=O) groups is 1. The molecule has 0 radical (unpaired) electrons. The summed E-state index contributed by atoms with van der Waals surface area (Å²) in [4.78, 5) is 12.8. The van der Waals surface area contributed by atoms with Crippen LogP contribution in [0.1, 0.15) is 18.9 Å². The second-order valence-corrected chi connectivity index (χ2v) is 8.27. The molecule has 3 atom stereocenters. The molecule has 1 fully saturated rings. The van der Waals surface area contributed by atoms with Gasteiger partial charge in [-0.05, 0) is 18.9 Å². The third-order valence-electron chi connectivity index (χ3n) is 4.04. The molecule has 1 saturated heterocycles. The molecule has 6 heteroatoms. The Morgan fingerprint density at radius 1 is 1.32 bits per heavy atom. The molecule has 0 saturated carbocycles. The first kappa shape index (κ1) is 18.2. The lowest BCUT2D eigenvalue weighted by Gasteiger charge is -2.31. The van der Waals surface area contributed by atoms with E-state index in [4.69, 9.17) is 46.4 Å².